The molecule has 2 saturated heterocycles. The fraction of sp³-hybridized carbons (Fsp3) is 0.474. The quantitative estimate of drug-likeness (QED) is 0.824. The largest absolute Gasteiger partial charge is 0.480 e. The summed E-state index contributed by atoms with van der Waals surface area (Å²) in [4.78, 5) is 31.6. The van der Waals surface area contributed by atoms with Crippen molar-refractivity contribution in [1.29, 1.82) is 0 Å². The highest BCUT2D eigenvalue weighted by Gasteiger charge is 2.38. The van der Waals surface area contributed by atoms with Gasteiger partial charge >= 0.3 is 5.97 Å². The van der Waals surface area contributed by atoms with Crippen molar-refractivity contribution in [2.24, 2.45) is 0 Å². The van der Waals surface area contributed by atoms with E-state index in [1.165, 1.54) is 4.90 Å². The van der Waals surface area contributed by atoms with Gasteiger partial charge in [0, 0.05) is 18.0 Å². The Morgan fingerprint density at radius 1 is 1.15 bits per heavy atom. The Labute approximate surface area is 157 Å². The van der Waals surface area contributed by atoms with Crippen molar-refractivity contribution in [3.05, 3.63) is 36.2 Å². The zero-order chi connectivity index (χ0) is 18.8. The summed E-state index contributed by atoms with van der Waals surface area (Å²) in [5.41, 5.74) is 0.993. The van der Waals surface area contributed by atoms with Crippen molar-refractivity contribution in [2.45, 2.75) is 31.2 Å². The minimum absolute atomic E-state index is 0.0538. The van der Waals surface area contributed by atoms with E-state index >= 15 is 0 Å². The fourth-order valence-electron chi connectivity index (χ4n) is 4.04. The van der Waals surface area contributed by atoms with E-state index in [4.69, 9.17) is 5.11 Å². The lowest BCUT2D eigenvalue weighted by molar-refractivity contribution is -0.144. The molecule has 1 unspecified atom stereocenters. The summed E-state index contributed by atoms with van der Waals surface area (Å²) in [6, 6.07) is 9.70. The monoisotopic (exact) mass is 369 g/mol. The maximum Gasteiger partial charge on any atom is 0.323 e. The van der Waals surface area contributed by atoms with Gasteiger partial charge in [-0.25, -0.2) is 4.98 Å². The SMILES string of the molecule is O=C(O)CN1CCC(N2CCC(c3nc(-c4ccccc4)n[nH]3)CC2)C1=O. The number of carboxylic acid groups (broad SMARTS) is 1. The zero-order valence-corrected chi connectivity index (χ0v) is 15.0. The zero-order valence-electron chi connectivity index (χ0n) is 15.0. The number of aliphatic carboxylic acids is 1. The molecule has 2 fully saturated rings. The van der Waals surface area contributed by atoms with E-state index in [0.717, 1.165) is 37.3 Å². The number of hydrogen-bond acceptors (Lipinski definition) is 5. The highest BCUT2D eigenvalue weighted by molar-refractivity contribution is 5.87. The predicted molar refractivity (Wildman–Crippen MR) is 98.0 cm³/mol. The molecular weight excluding hydrogens is 346 g/mol. The Hall–Kier alpha value is -2.74. The van der Waals surface area contributed by atoms with Crippen molar-refractivity contribution >= 4 is 11.9 Å². The number of carboxylic acids is 1. The molecule has 2 N–H and O–H groups in total. The molecule has 1 aromatic carbocycles. The number of amides is 1. The first-order chi connectivity index (χ1) is 13.1. The molecule has 2 aliphatic rings. The number of aromatic amines is 1. The molecule has 0 bridgehead atoms. The summed E-state index contributed by atoms with van der Waals surface area (Å²) in [6.45, 7) is 1.94. The minimum atomic E-state index is -0.956. The Morgan fingerprint density at radius 2 is 1.89 bits per heavy atom. The van der Waals surface area contributed by atoms with Gasteiger partial charge in [0.2, 0.25) is 5.91 Å². The lowest BCUT2D eigenvalue weighted by Gasteiger charge is -2.34. The van der Waals surface area contributed by atoms with E-state index in [2.05, 4.69) is 20.1 Å². The average molecular weight is 369 g/mol. The lowest BCUT2D eigenvalue weighted by Crippen LogP contribution is -2.46. The highest BCUT2D eigenvalue weighted by atomic mass is 16.4. The maximum absolute atomic E-state index is 12.4. The van der Waals surface area contributed by atoms with Gasteiger partial charge in [0.05, 0.1) is 6.04 Å². The Balaban J connectivity index is 1.35. The van der Waals surface area contributed by atoms with Crippen LogP contribution in [0.3, 0.4) is 0 Å². The Morgan fingerprint density at radius 3 is 2.59 bits per heavy atom. The van der Waals surface area contributed by atoms with E-state index in [0.29, 0.717) is 24.7 Å². The third-order valence-electron chi connectivity index (χ3n) is 5.49. The van der Waals surface area contributed by atoms with Crippen LogP contribution in [0, 0.1) is 0 Å². The first-order valence-corrected chi connectivity index (χ1v) is 9.34. The fourth-order valence-corrected chi connectivity index (χ4v) is 4.04. The molecule has 4 rings (SSSR count). The molecule has 0 saturated carbocycles. The molecule has 2 aliphatic heterocycles. The first kappa shape index (κ1) is 17.7. The summed E-state index contributed by atoms with van der Waals surface area (Å²) in [5, 5.41) is 16.3. The Bertz CT molecular complexity index is 814. The molecule has 1 amide bonds. The maximum atomic E-state index is 12.4. The van der Waals surface area contributed by atoms with Crippen LogP contribution in [-0.4, -0.2) is 74.2 Å². The molecule has 1 atom stereocenters. The normalized spacial score (nSPS) is 21.7. The van der Waals surface area contributed by atoms with Gasteiger partial charge in [0.1, 0.15) is 12.4 Å². The molecule has 0 spiro atoms. The van der Waals surface area contributed by atoms with Crippen molar-refractivity contribution in [3.63, 3.8) is 0 Å². The summed E-state index contributed by atoms with van der Waals surface area (Å²) < 4.78 is 0. The van der Waals surface area contributed by atoms with Crippen LogP contribution >= 0.6 is 0 Å². The second-order valence-electron chi connectivity index (χ2n) is 7.18. The number of carbonyl (C=O) groups excluding carboxylic acids is 1. The van der Waals surface area contributed by atoms with Crippen LogP contribution in [-0.2, 0) is 9.59 Å². The van der Waals surface area contributed by atoms with Crippen molar-refractivity contribution in [2.75, 3.05) is 26.2 Å². The Kier molecular flexibility index (Phi) is 4.89. The van der Waals surface area contributed by atoms with Crippen LogP contribution in [0.25, 0.3) is 11.4 Å². The molecule has 0 aliphatic carbocycles. The van der Waals surface area contributed by atoms with Gasteiger partial charge in [0.15, 0.2) is 5.82 Å². The van der Waals surface area contributed by atoms with Crippen LogP contribution in [0.5, 0.6) is 0 Å². The number of aromatic nitrogens is 3. The molecule has 8 heteroatoms. The van der Waals surface area contributed by atoms with Crippen LogP contribution < -0.4 is 0 Å². The smallest absolute Gasteiger partial charge is 0.323 e. The molecular formula is C19H23N5O3. The number of H-pyrrole nitrogens is 1. The number of hydrogen-bond donors (Lipinski definition) is 2. The second kappa shape index (κ2) is 7.48. The number of nitrogens with one attached hydrogen (secondary N) is 1. The number of benzene rings is 1. The summed E-state index contributed by atoms with van der Waals surface area (Å²) in [5.74, 6) is 0.907. The van der Waals surface area contributed by atoms with Crippen LogP contribution in [0.4, 0.5) is 0 Å². The van der Waals surface area contributed by atoms with Gasteiger partial charge in [-0.15, -0.1) is 0 Å². The van der Waals surface area contributed by atoms with Gasteiger partial charge in [-0.3, -0.25) is 19.6 Å². The lowest BCUT2D eigenvalue weighted by atomic mass is 9.95. The van der Waals surface area contributed by atoms with Gasteiger partial charge in [-0.05, 0) is 32.4 Å². The van der Waals surface area contributed by atoms with Gasteiger partial charge in [-0.2, -0.15) is 5.10 Å². The van der Waals surface area contributed by atoms with Crippen molar-refractivity contribution in [1.82, 2.24) is 25.0 Å². The average Bonchev–Trinajstić information content (AvgIpc) is 3.30. The van der Waals surface area contributed by atoms with E-state index < -0.39 is 5.97 Å². The number of rotatable bonds is 5. The first-order valence-electron chi connectivity index (χ1n) is 9.34. The van der Waals surface area contributed by atoms with Gasteiger partial charge in [-0.1, -0.05) is 30.3 Å². The van der Waals surface area contributed by atoms with Crippen LogP contribution in [0.15, 0.2) is 30.3 Å². The third-order valence-corrected chi connectivity index (χ3v) is 5.49. The molecule has 0 radical (unpaired) electrons. The van der Waals surface area contributed by atoms with Gasteiger partial charge in [0.25, 0.3) is 0 Å². The molecule has 2 aromatic rings. The van der Waals surface area contributed by atoms with Crippen LogP contribution in [0.1, 0.15) is 31.0 Å². The minimum Gasteiger partial charge on any atom is -0.480 e. The number of likely N-dealkylation sites (tertiary alicyclic amines) is 2. The standard InChI is InChI=1S/C19H23N5O3/c25-16(26)12-24-11-8-15(19(24)27)23-9-6-14(7-10-23)18-20-17(21-22-18)13-4-2-1-3-5-13/h1-5,14-15H,6-12H2,(H,25,26)(H,20,21,22). The summed E-state index contributed by atoms with van der Waals surface area (Å²) in [6.07, 6.45) is 2.52. The molecule has 27 heavy (non-hydrogen) atoms. The predicted octanol–water partition coefficient (Wildman–Crippen LogP) is 1.34. The molecule has 3 heterocycles. The topological polar surface area (TPSA) is 102 Å². The van der Waals surface area contributed by atoms with E-state index in [9.17, 15) is 9.59 Å². The summed E-state index contributed by atoms with van der Waals surface area (Å²) >= 11 is 0. The highest BCUT2D eigenvalue weighted by Crippen LogP contribution is 2.30. The second-order valence-corrected chi connectivity index (χ2v) is 7.18. The molecule has 142 valence electrons. The number of carbonyl (C=O) groups is 2. The number of nitrogens with zero attached hydrogens (tertiary/aromatic N) is 4. The van der Waals surface area contributed by atoms with E-state index in [-0.39, 0.29) is 18.5 Å². The van der Waals surface area contributed by atoms with Gasteiger partial charge < -0.3 is 10.0 Å². The van der Waals surface area contributed by atoms with Crippen molar-refractivity contribution in [3.8, 4) is 11.4 Å². The third kappa shape index (κ3) is 3.71. The molecule has 1 aromatic heterocycles. The van der Waals surface area contributed by atoms with Crippen molar-refractivity contribution < 1.29 is 14.7 Å². The number of piperidine rings is 1. The van der Waals surface area contributed by atoms with E-state index in [1.807, 2.05) is 30.3 Å². The van der Waals surface area contributed by atoms with Crippen LogP contribution in [0.2, 0.25) is 0 Å². The molecule has 8 nitrogen and oxygen atoms in total. The van der Waals surface area contributed by atoms with E-state index in [1.54, 1.807) is 0 Å². The summed E-state index contributed by atoms with van der Waals surface area (Å²) in [7, 11) is 0.